The van der Waals surface area contributed by atoms with E-state index in [4.69, 9.17) is 4.52 Å². The van der Waals surface area contributed by atoms with E-state index in [0.717, 1.165) is 11.1 Å². The summed E-state index contributed by atoms with van der Waals surface area (Å²) in [7, 11) is 0. The van der Waals surface area contributed by atoms with Crippen LogP contribution in [0.4, 0.5) is 5.69 Å². The van der Waals surface area contributed by atoms with Crippen LogP contribution in [-0.2, 0) is 0 Å². The molecule has 0 saturated heterocycles. The lowest BCUT2D eigenvalue weighted by atomic mass is 10.1. The van der Waals surface area contributed by atoms with Gasteiger partial charge in [0.25, 0.3) is 11.8 Å². The molecular formula is C21H16N4O2. The molecule has 1 N–H and O–H groups in total. The van der Waals surface area contributed by atoms with Crippen molar-refractivity contribution >= 4 is 11.6 Å². The first-order valence-electron chi connectivity index (χ1n) is 8.43. The Morgan fingerprint density at radius 1 is 1.00 bits per heavy atom. The van der Waals surface area contributed by atoms with Gasteiger partial charge in [0.05, 0.1) is 11.3 Å². The minimum absolute atomic E-state index is 0.196. The molecule has 0 aliphatic rings. The summed E-state index contributed by atoms with van der Waals surface area (Å²) in [5, 5.41) is 7.00. The number of amides is 1. The Morgan fingerprint density at radius 2 is 1.85 bits per heavy atom. The molecule has 132 valence electrons. The number of benzene rings is 2. The number of nitrogens with one attached hydrogen (secondary N) is 1. The zero-order valence-electron chi connectivity index (χ0n) is 14.6. The Bertz CT molecular complexity index is 1080. The van der Waals surface area contributed by atoms with Crippen molar-refractivity contribution in [2.75, 3.05) is 5.32 Å². The van der Waals surface area contributed by atoms with E-state index in [0.29, 0.717) is 28.5 Å². The van der Waals surface area contributed by atoms with Crippen LogP contribution in [0.1, 0.15) is 15.9 Å². The number of hydrogen-bond donors (Lipinski definition) is 1. The van der Waals surface area contributed by atoms with Crippen LogP contribution in [0.5, 0.6) is 0 Å². The van der Waals surface area contributed by atoms with E-state index in [1.165, 1.54) is 0 Å². The number of hydrogen-bond acceptors (Lipinski definition) is 5. The molecule has 0 unspecified atom stereocenters. The van der Waals surface area contributed by atoms with Crippen LogP contribution in [-0.4, -0.2) is 21.0 Å². The lowest BCUT2D eigenvalue weighted by Gasteiger charge is -2.11. The van der Waals surface area contributed by atoms with Gasteiger partial charge in [0, 0.05) is 23.5 Å². The highest BCUT2D eigenvalue weighted by molar-refractivity contribution is 6.06. The van der Waals surface area contributed by atoms with Crippen LogP contribution in [0.15, 0.2) is 77.6 Å². The second-order valence-electron chi connectivity index (χ2n) is 5.98. The van der Waals surface area contributed by atoms with E-state index in [2.05, 4.69) is 20.4 Å². The number of nitrogens with zero attached hydrogens (tertiary/aromatic N) is 3. The molecule has 0 bridgehead atoms. The van der Waals surface area contributed by atoms with Crippen LogP contribution >= 0.6 is 0 Å². The lowest BCUT2D eigenvalue weighted by Crippen LogP contribution is -2.13. The highest BCUT2D eigenvalue weighted by Crippen LogP contribution is 2.31. The molecule has 4 rings (SSSR count). The van der Waals surface area contributed by atoms with E-state index in [9.17, 15) is 4.79 Å². The fourth-order valence-electron chi connectivity index (χ4n) is 2.73. The normalized spacial score (nSPS) is 10.6. The largest absolute Gasteiger partial charge is 0.334 e. The first kappa shape index (κ1) is 16.7. The zero-order chi connectivity index (χ0) is 18.6. The third kappa shape index (κ3) is 3.46. The maximum Gasteiger partial charge on any atom is 0.260 e. The fraction of sp³-hybridized carbons (Fsp3) is 0.0476. The summed E-state index contributed by atoms with van der Waals surface area (Å²) in [5.74, 6) is 0.582. The van der Waals surface area contributed by atoms with E-state index < -0.39 is 0 Å². The van der Waals surface area contributed by atoms with Crippen LogP contribution in [0.2, 0.25) is 0 Å². The highest BCUT2D eigenvalue weighted by Gasteiger charge is 2.17. The molecule has 0 spiro atoms. The van der Waals surface area contributed by atoms with Crippen molar-refractivity contribution < 1.29 is 9.32 Å². The molecule has 6 heteroatoms. The average molecular weight is 356 g/mol. The van der Waals surface area contributed by atoms with Gasteiger partial charge in [0.1, 0.15) is 0 Å². The summed E-state index contributed by atoms with van der Waals surface area (Å²) < 4.78 is 5.45. The maximum atomic E-state index is 12.6. The molecule has 6 nitrogen and oxygen atoms in total. The third-order valence-electron chi connectivity index (χ3n) is 4.12. The van der Waals surface area contributed by atoms with E-state index in [-0.39, 0.29) is 5.91 Å². The van der Waals surface area contributed by atoms with Crippen molar-refractivity contribution in [1.82, 2.24) is 15.1 Å². The fourth-order valence-corrected chi connectivity index (χ4v) is 2.73. The summed E-state index contributed by atoms with van der Waals surface area (Å²) in [4.78, 5) is 21.1. The van der Waals surface area contributed by atoms with Gasteiger partial charge >= 0.3 is 0 Å². The van der Waals surface area contributed by atoms with Gasteiger partial charge in [-0.1, -0.05) is 35.5 Å². The van der Waals surface area contributed by atoms with Gasteiger partial charge in [-0.15, -0.1) is 0 Å². The molecule has 27 heavy (non-hydrogen) atoms. The Kier molecular flexibility index (Phi) is 4.45. The number of para-hydroxylation sites is 1. The summed E-state index contributed by atoms with van der Waals surface area (Å²) >= 11 is 0. The molecule has 4 aromatic rings. The summed E-state index contributed by atoms with van der Waals surface area (Å²) in [5.41, 5.74) is 3.55. The van der Waals surface area contributed by atoms with Crippen molar-refractivity contribution in [3.8, 4) is 22.8 Å². The van der Waals surface area contributed by atoms with Crippen molar-refractivity contribution in [1.29, 1.82) is 0 Å². The number of rotatable bonds is 4. The molecule has 0 fully saturated rings. The molecule has 2 heterocycles. The quantitative estimate of drug-likeness (QED) is 0.587. The number of aromatic nitrogens is 3. The Morgan fingerprint density at radius 3 is 2.63 bits per heavy atom. The van der Waals surface area contributed by atoms with Crippen molar-refractivity contribution in [3.05, 3.63) is 84.2 Å². The predicted molar refractivity (Wildman–Crippen MR) is 102 cm³/mol. The Labute approximate surface area is 155 Å². The van der Waals surface area contributed by atoms with E-state index in [1.807, 2.05) is 55.5 Å². The number of aryl methyl sites for hydroxylation is 1. The van der Waals surface area contributed by atoms with Gasteiger partial charge in [-0.25, -0.2) is 0 Å². The van der Waals surface area contributed by atoms with Crippen molar-refractivity contribution in [2.24, 2.45) is 0 Å². The second-order valence-corrected chi connectivity index (χ2v) is 5.98. The van der Waals surface area contributed by atoms with E-state index in [1.54, 1.807) is 24.5 Å². The molecule has 0 aliphatic heterocycles. The molecular weight excluding hydrogens is 340 g/mol. The van der Waals surface area contributed by atoms with Gasteiger partial charge in [-0.2, -0.15) is 4.98 Å². The highest BCUT2D eigenvalue weighted by atomic mass is 16.5. The van der Waals surface area contributed by atoms with Crippen LogP contribution in [0, 0.1) is 6.92 Å². The molecule has 0 radical (unpaired) electrons. The number of carbonyl (C=O) groups is 1. The first-order valence-corrected chi connectivity index (χ1v) is 8.43. The monoisotopic (exact) mass is 356 g/mol. The average Bonchev–Trinajstić information content (AvgIpc) is 3.21. The Balaban J connectivity index is 1.69. The first-order chi connectivity index (χ1) is 13.2. The number of anilines is 1. The minimum atomic E-state index is -0.196. The molecule has 2 aromatic heterocycles. The smallest absolute Gasteiger partial charge is 0.260 e. The number of carbonyl (C=O) groups excluding carboxylic acids is 1. The maximum absolute atomic E-state index is 12.6. The van der Waals surface area contributed by atoms with Crippen molar-refractivity contribution in [3.63, 3.8) is 0 Å². The molecule has 0 saturated carbocycles. The molecule has 1 amide bonds. The Hall–Kier alpha value is -3.80. The van der Waals surface area contributed by atoms with Gasteiger partial charge in [0.15, 0.2) is 0 Å². The zero-order valence-corrected chi connectivity index (χ0v) is 14.6. The van der Waals surface area contributed by atoms with Crippen molar-refractivity contribution in [2.45, 2.75) is 6.92 Å². The SMILES string of the molecule is Cc1cccc(-c2nc(-c3cccnc3)no2)c1NC(=O)c1ccccc1. The minimum Gasteiger partial charge on any atom is -0.334 e. The summed E-state index contributed by atoms with van der Waals surface area (Å²) in [6.45, 7) is 1.92. The van der Waals surface area contributed by atoms with Crippen LogP contribution in [0.25, 0.3) is 22.8 Å². The topological polar surface area (TPSA) is 80.9 Å². The molecule has 2 aromatic carbocycles. The lowest BCUT2D eigenvalue weighted by molar-refractivity contribution is 0.102. The standard InChI is InChI=1S/C21H16N4O2/c1-14-7-5-11-17(18(14)23-20(26)15-8-3-2-4-9-15)21-24-19(25-27-21)16-10-6-12-22-13-16/h2-13H,1H3,(H,23,26). The van der Waals surface area contributed by atoms with Gasteiger partial charge in [0.2, 0.25) is 5.82 Å². The second kappa shape index (κ2) is 7.21. The molecule has 0 atom stereocenters. The third-order valence-corrected chi connectivity index (χ3v) is 4.12. The van der Waals surface area contributed by atoms with Gasteiger partial charge in [-0.3, -0.25) is 9.78 Å². The van der Waals surface area contributed by atoms with Gasteiger partial charge < -0.3 is 9.84 Å². The van der Waals surface area contributed by atoms with Crippen LogP contribution in [0.3, 0.4) is 0 Å². The summed E-state index contributed by atoms with van der Waals surface area (Å²) in [6.07, 6.45) is 3.35. The molecule has 0 aliphatic carbocycles. The summed E-state index contributed by atoms with van der Waals surface area (Å²) in [6, 6.07) is 18.4. The predicted octanol–water partition coefficient (Wildman–Crippen LogP) is 4.36. The number of pyridine rings is 1. The van der Waals surface area contributed by atoms with Crippen LogP contribution < -0.4 is 5.32 Å². The van der Waals surface area contributed by atoms with E-state index >= 15 is 0 Å². The van der Waals surface area contributed by atoms with Gasteiger partial charge in [-0.05, 0) is 42.8 Å².